The molecule has 0 aromatic rings. The molecule has 388 valence electrons. The van der Waals surface area contributed by atoms with Crippen LogP contribution in [0.2, 0.25) is 0 Å². The molecule has 1 atom stereocenters. The largest absolute Gasteiger partial charge is 0.462 e. The summed E-state index contributed by atoms with van der Waals surface area (Å²) in [6.07, 6.45) is 74.1. The molecule has 0 fully saturated rings. The van der Waals surface area contributed by atoms with Gasteiger partial charge in [-0.2, -0.15) is 0 Å². The Balaban J connectivity index is 4.48. The Hall–Kier alpha value is -3.67. The monoisotopic (exact) mass is 945 g/mol. The SMILES string of the molecule is CC/C=C\C/C=C\C/C=C\C/C=C\C/C=C\C/C=C\CCC(=O)OCC(COC(=O)CCCCCCC/C=C\C/C=C\CCC)OC(=O)CCCCCCCCCCCCCCCCCCCC. The van der Waals surface area contributed by atoms with Gasteiger partial charge in [0.15, 0.2) is 6.10 Å². The molecule has 68 heavy (non-hydrogen) atoms. The summed E-state index contributed by atoms with van der Waals surface area (Å²) in [5.74, 6) is -1.00. The van der Waals surface area contributed by atoms with Crippen LogP contribution in [0.1, 0.15) is 258 Å². The zero-order valence-electron chi connectivity index (χ0n) is 44.3. The molecule has 0 spiro atoms. The lowest BCUT2D eigenvalue weighted by Gasteiger charge is -2.18. The van der Waals surface area contributed by atoms with Crippen LogP contribution in [0.4, 0.5) is 0 Å². The Labute approximate surface area is 419 Å². The predicted octanol–water partition coefficient (Wildman–Crippen LogP) is 18.9. The summed E-state index contributed by atoms with van der Waals surface area (Å²) in [5, 5.41) is 0. The van der Waals surface area contributed by atoms with Gasteiger partial charge in [0.2, 0.25) is 0 Å². The van der Waals surface area contributed by atoms with Crippen LogP contribution >= 0.6 is 0 Å². The van der Waals surface area contributed by atoms with Crippen molar-refractivity contribution in [2.75, 3.05) is 13.2 Å². The number of hydrogen-bond donors (Lipinski definition) is 0. The lowest BCUT2D eigenvalue weighted by Crippen LogP contribution is -2.30. The molecule has 1 unspecified atom stereocenters. The second-order valence-electron chi connectivity index (χ2n) is 18.5. The third kappa shape index (κ3) is 53.3. The maximum Gasteiger partial charge on any atom is 0.306 e. The van der Waals surface area contributed by atoms with Gasteiger partial charge in [0.1, 0.15) is 13.2 Å². The number of rotatable bonds is 50. The Morgan fingerprint density at radius 2 is 0.632 bits per heavy atom. The molecular weight excluding hydrogens is 841 g/mol. The zero-order chi connectivity index (χ0) is 49.3. The highest BCUT2D eigenvalue weighted by atomic mass is 16.6. The summed E-state index contributed by atoms with van der Waals surface area (Å²) in [5.41, 5.74) is 0. The fraction of sp³-hybridized carbons (Fsp3) is 0.694. The number of carbonyl (C=O) groups excluding carboxylic acids is 3. The number of unbranched alkanes of at least 4 members (excludes halogenated alkanes) is 23. The second kappa shape index (κ2) is 55.9. The van der Waals surface area contributed by atoms with Crippen molar-refractivity contribution in [1.82, 2.24) is 0 Å². The van der Waals surface area contributed by atoms with Gasteiger partial charge in [0.05, 0.1) is 0 Å². The Kier molecular flexibility index (Phi) is 52.9. The summed E-state index contributed by atoms with van der Waals surface area (Å²) in [6, 6.07) is 0. The molecule has 6 nitrogen and oxygen atoms in total. The summed E-state index contributed by atoms with van der Waals surface area (Å²) in [4.78, 5) is 38.1. The molecule has 0 aliphatic carbocycles. The number of ether oxygens (including phenoxy) is 3. The number of allylic oxidation sites excluding steroid dienone is 16. The molecule has 0 N–H and O–H groups in total. The van der Waals surface area contributed by atoms with Crippen LogP contribution in [0.15, 0.2) is 97.2 Å². The molecule has 0 amide bonds. The van der Waals surface area contributed by atoms with Gasteiger partial charge >= 0.3 is 17.9 Å². The first kappa shape index (κ1) is 64.3. The first-order valence-corrected chi connectivity index (χ1v) is 28.2. The molecule has 0 aromatic heterocycles. The highest BCUT2D eigenvalue weighted by Crippen LogP contribution is 2.16. The molecule has 0 heterocycles. The number of esters is 3. The van der Waals surface area contributed by atoms with Crippen molar-refractivity contribution in [2.45, 2.75) is 264 Å². The zero-order valence-corrected chi connectivity index (χ0v) is 44.3. The van der Waals surface area contributed by atoms with Crippen molar-refractivity contribution in [3.8, 4) is 0 Å². The summed E-state index contributed by atoms with van der Waals surface area (Å²) < 4.78 is 16.8. The van der Waals surface area contributed by atoms with Gasteiger partial charge in [0, 0.05) is 19.3 Å². The van der Waals surface area contributed by atoms with E-state index in [0.29, 0.717) is 19.3 Å². The van der Waals surface area contributed by atoms with E-state index < -0.39 is 6.10 Å². The fourth-order valence-corrected chi connectivity index (χ4v) is 7.62. The molecule has 0 aliphatic rings. The maximum absolute atomic E-state index is 12.8. The van der Waals surface area contributed by atoms with Gasteiger partial charge < -0.3 is 14.2 Å². The van der Waals surface area contributed by atoms with Gasteiger partial charge in [-0.25, -0.2) is 0 Å². The smallest absolute Gasteiger partial charge is 0.306 e. The van der Waals surface area contributed by atoms with Gasteiger partial charge in [-0.15, -0.1) is 0 Å². The lowest BCUT2D eigenvalue weighted by atomic mass is 10.0. The van der Waals surface area contributed by atoms with Crippen molar-refractivity contribution in [3.05, 3.63) is 97.2 Å². The minimum atomic E-state index is -0.813. The van der Waals surface area contributed by atoms with E-state index in [0.717, 1.165) is 109 Å². The molecule has 0 aliphatic heterocycles. The summed E-state index contributed by atoms with van der Waals surface area (Å²) >= 11 is 0. The van der Waals surface area contributed by atoms with Crippen molar-refractivity contribution in [2.24, 2.45) is 0 Å². The van der Waals surface area contributed by atoms with E-state index in [1.807, 2.05) is 6.08 Å². The van der Waals surface area contributed by atoms with E-state index in [-0.39, 0.29) is 37.5 Å². The standard InChI is InChI=1S/C62H104O6/c1-4-7-10-13-16-19-22-25-27-29-31-33-34-37-40-43-46-49-52-55-61(64)67-58-59(57-66-60(63)54-51-48-45-42-39-36-24-21-18-15-12-9-6-3)68-62(65)56-53-50-47-44-41-38-35-32-30-28-26-23-20-17-14-11-8-5-2/h7,10,12,15-16,19,21,24-25,27,31,33,37,40,46,49,59H,4-6,8-9,11,13-14,17-18,20,22-23,26,28-30,32,34-36,38-39,41-45,47-48,50-58H2,1-3H3/b10-7-,15-12-,19-16-,24-21-,27-25-,33-31-,40-37-,49-46-. The molecule has 0 saturated carbocycles. The first-order chi connectivity index (χ1) is 33.5. The van der Waals surface area contributed by atoms with Gasteiger partial charge in [-0.3, -0.25) is 14.4 Å². The van der Waals surface area contributed by atoms with Gasteiger partial charge in [-0.1, -0.05) is 253 Å². The normalized spacial score (nSPS) is 12.8. The average Bonchev–Trinajstić information content (AvgIpc) is 3.34. The third-order valence-electron chi connectivity index (χ3n) is 11.8. The first-order valence-electron chi connectivity index (χ1n) is 28.2. The van der Waals surface area contributed by atoms with E-state index in [1.54, 1.807) is 0 Å². The van der Waals surface area contributed by atoms with Crippen LogP contribution in [0.25, 0.3) is 0 Å². The third-order valence-corrected chi connectivity index (χ3v) is 11.8. The summed E-state index contributed by atoms with van der Waals surface area (Å²) in [6.45, 7) is 6.40. The van der Waals surface area contributed by atoms with Crippen molar-refractivity contribution < 1.29 is 28.6 Å². The molecule has 0 saturated heterocycles. The number of hydrogen-bond acceptors (Lipinski definition) is 6. The molecule has 0 aromatic carbocycles. The molecule has 0 bridgehead atoms. The van der Waals surface area contributed by atoms with E-state index in [9.17, 15) is 14.4 Å². The maximum atomic E-state index is 12.8. The van der Waals surface area contributed by atoms with Gasteiger partial charge in [0.25, 0.3) is 0 Å². The van der Waals surface area contributed by atoms with E-state index in [1.165, 1.54) is 103 Å². The van der Waals surface area contributed by atoms with Gasteiger partial charge in [-0.05, 0) is 83.5 Å². The van der Waals surface area contributed by atoms with Crippen molar-refractivity contribution in [3.63, 3.8) is 0 Å². The van der Waals surface area contributed by atoms with Crippen LogP contribution < -0.4 is 0 Å². The van der Waals surface area contributed by atoms with Crippen molar-refractivity contribution >= 4 is 17.9 Å². The van der Waals surface area contributed by atoms with Crippen molar-refractivity contribution in [1.29, 1.82) is 0 Å². The molecular formula is C62H104O6. The minimum absolute atomic E-state index is 0.107. The predicted molar refractivity (Wildman–Crippen MR) is 293 cm³/mol. The second-order valence-corrected chi connectivity index (χ2v) is 18.5. The molecule has 0 rings (SSSR count). The van der Waals surface area contributed by atoms with Crippen LogP contribution in [0.5, 0.6) is 0 Å². The van der Waals surface area contributed by atoms with Crippen LogP contribution in [0, 0.1) is 0 Å². The fourth-order valence-electron chi connectivity index (χ4n) is 7.62. The quantitative estimate of drug-likeness (QED) is 0.0262. The highest BCUT2D eigenvalue weighted by Gasteiger charge is 2.19. The summed E-state index contributed by atoms with van der Waals surface area (Å²) in [7, 11) is 0. The lowest BCUT2D eigenvalue weighted by molar-refractivity contribution is -0.166. The Morgan fingerprint density at radius 3 is 1.04 bits per heavy atom. The number of carbonyl (C=O) groups is 3. The van der Waals surface area contributed by atoms with E-state index >= 15 is 0 Å². The molecule has 6 heteroatoms. The van der Waals surface area contributed by atoms with E-state index in [2.05, 4.69) is 112 Å². The highest BCUT2D eigenvalue weighted by molar-refractivity contribution is 5.71. The average molecular weight is 946 g/mol. The minimum Gasteiger partial charge on any atom is -0.462 e. The van der Waals surface area contributed by atoms with Crippen LogP contribution in [-0.2, 0) is 28.6 Å². The topological polar surface area (TPSA) is 78.9 Å². The molecule has 0 radical (unpaired) electrons. The van der Waals surface area contributed by atoms with Crippen LogP contribution in [-0.4, -0.2) is 37.2 Å². The van der Waals surface area contributed by atoms with Crippen LogP contribution in [0.3, 0.4) is 0 Å². The Morgan fingerprint density at radius 1 is 0.309 bits per heavy atom. The Bertz CT molecular complexity index is 1360. The van der Waals surface area contributed by atoms with E-state index in [4.69, 9.17) is 14.2 Å².